The van der Waals surface area contributed by atoms with Crippen LogP contribution in [0.1, 0.15) is 183 Å². The molecule has 145 heavy (non-hydrogen) atoms. The largest absolute Gasteiger partial charge is 0.503 e. The van der Waals surface area contributed by atoms with E-state index in [1.807, 2.05) is 60.7 Å². The Labute approximate surface area is 851 Å². The number of aliphatic imine (C=N–C) groups is 4. The molecule has 7 fully saturated rings. The van der Waals surface area contributed by atoms with Gasteiger partial charge in [0, 0.05) is 297 Å². The zero-order chi connectivity index (χ0) is 101. The molecular formula is C119H131FN12O13. The van der Waals surface area contributed by atoms with Crippen molar-refractivity contribution in [1.82, 2.24) is 34.3 Å². The molecule has 0 saturated carbocycles. The van der Waals surface area contributed by atoms with Crippen LogP contribution in [0, 0.1) is 47.4 Å². The van der Waals surface area contributed by atoms with E-state index >= 15 is 0 Å². The number of piperidine rings is 1. The summed E-state index contributed by atoms with van der Waals surface area (Å²) in [4.78, 5) is 80.9. The summed E-state index contributed by atoms with van der Waals surface area (Å²) in [5.74, 6) is 24.2. The lowest BCUT2D eigenvalue weighted by molar-refractivity contribution is -0.117. The molecule has 752 valence electrons. The van der Waals surface area contributed by atoms with Gasteiger partial charge in [0.2, 0.25) is 23.1 Å². The quantitative estimate of drug-likeness (QED) is 0.0261. The first-order chi connectivity index (χ1) is 70.6. The van der Waals surface area contributed by atoms with Crippen LogP contribution in [0.25, 0.3) is 0 Å². The maximum Gasteiger partial charge on any atom is 0.204 e. The maximum absolute atomic E-state index is 13.4. The second-order valence-electron chi connectivity index (χ2n) is 39.0. The molecule has 26 heteroatoms. The number of nitrogens with zero attached hydrogens (tertiary/aromatic N) is 11. The van der Waals surface area contributed by atoms with Crippen LogP contribution in [0.3, 0.4) is 0 Å². The number of rotatable bonds is 30. The van der Waals surface area contributed by atoms with Crippen molar-refractivity contribution in [2.75, 3.05) is 153 Å². The van der Waals surface area contributed by atoms with E-state index < -0.39 is 6.17 Å². The molecule has 25 nitrogen and oxygen atoms in total. The second kappa shape index (κ2) is 52.1. The highest BCUT2D eigenvalue weighted by atomic mass is 19.1. The van der Waals surface area contributed by atoms with Crippen LogP contribution in [0.5, 0.6) is 0 Å². The number of allylic oxidation sites excluding steroid dienone is 7. The molecule has 7 saturated heterocycles. The van der Waals surface area contributed by atoms with Gasteiger partial charge in [0.1, 0.15) is 6.17 Å². The molecule has 11 aliphatic rings. The number of ether oxygens (including phenoxy) is 5. The van der Waals surface area contributed by atoms with Gasteiger partial charge in [-0.3, -0.25) is 68.5 Å². The number of carbonyl (C=O) groups excluding carboxylic acids is 4. The van der Waals surface area contributed by atoms with Gasteiger partial charge < -0.3 is 54.7 Å². The van der Waals surface area contributed by atoms with Crippen molar-refractivity contribution in [3.63, 3.8) is 0 Å². The molecule has 4 unspecified atom stereocenters. The molecule has 0 bridgehead atoms. The number of hydrogen-bond donors (Lipinski definition) is 5. The monoisotopic (exact) mass is 1950 g/mol. The number of aliphatic hydroxyl groups excluding tert-OH is 4. The molecule has 0 aliphatic carbocycles. The van der Waals surface area contributed by atoms with Gasteiger partial charge in [-0.25, -0.2) is 4.39 Å². The minimum absolute atomic E-state index is 0.0205. The van der Waals surface area contributed by atoms with E-state index in [4.69, 9.17) is 29.4 Å². The van der Waals surface area contributed by atoms with Crippen molar-refractivity contribution in [3.8, 4) is 47.4 Å². The Bertz CT molecular complexity index is 6310. The maximum atomic E-state index is 13.4. The number of nitrogens with two attached hydrogens (primary N) is 1. The van der Waals surface area contributed by atoms with Gasteiger partial charge in [-0.05, 0) is 174 Å². The number of aliphatic hydroxyl groups is 4. The van der Waals surface area contributed by atoms with Gasteiger partial charge >= 0.3 is 0 Å². The van der Waals surface area contributed by atoms with Crippen molar-refractivity contribution < 1.29 is 67.7 Å². The van der Waals surface area contributed by atoms with Crippen LogP contribution in [-0.2, 0) is 69.0 Å². The highest BCUT2D eigenvalue weighted by Crippen LogP contribution is 2.36. The van der Waals surface area contributed by atoms with E-state index in [2.05, 4.69) is 235 Å². The molecular weight excluding hydrogens is 1820 g/mol. The SMILES string of the molecule is COC1CCN(Cc2ccc(C#Cc3ccc(C(N)CC4=C(O)C(=O)CC=N4)cc3)cc2)CC1.COC1CN(Cc2ccc(C#Cc3ccc(C(CC4=C(O)C(=O)CC=N4)CN4CC(F)C4)cc3)cc2)C1.COC1CN(Cc2ccc(C#Cc3ccc(C(CC4=C(O)C(=O)CC=N4)CN4CC(OC)C4)cc3)cc2)C1.O=C1CC=NC(CC(CN2CCC2)c2ccc(C#Cc3ccc(CN4CCOCC4)cc3)cc2)=C1O. The van der Waals surface area contributed by atoms with E-state index in [9.17, 15) is 44.0 Å². The fraction of sp³-hybridized carbons (Fsp3) is 0.395. The summed E-state index contributed by atoms with van der Waals surface area (Å²) in [6.45, 7) is 20.6. The Morgan fingerprint density at radius 2 is 0.579 bits per heavy atom. The molecule has 0 amide bonds. The summed E-state index contributed by atoms with van der Waals surface area (Å²) in [5, 5.41) is 40.7. The predicted molar refractivity (Wildman–Crippen MR) is 563 cm³/mol. The summed E-state index contributed by atoms with van der Waals surface area (Å²) in [5.41, 5.74) is 25.0. The smallest absolute Gasteiger partial charge is 0.204 e. The molecule has 8 aromatic rings. The van der Waals surface area contributed by atoms with Gasteiger partial charge in [0.25, 0.3) is 0 Å². The molecule has 6 N–H and O–H groups in total. The number of Topliss-reactive ketones (excluding diaryl/α,β-unsaturated/α-hetero) is 4. The summed E-state index contributed by atoms with van der Waals surface area (Å²) >= 11 is 0. The van der Waals surface area contributed by atoms with Crippen molar-refractivity contribution in [2.45, 2.75) is 151 Å². The topological polar surface area (TPSA) is 293 Å². The molecule has 11 heterocycles. The van der Waals surface area contributed by atoms with Gasteiger partial charge in [-0.1, -0.05) is 144 Å². The first-order valence-electron chi connectivity index (χ1n) is 50.5. The number of benzene rings is 8. The zero-order valence-corrected chi connectivity index (χ0v) is 83.4. The molecule has 4 atom stereocenters. The fourth-order valence-corrected chi connectivity index (χ4v) is 19.1. The average Bonchev–Trinajstić information content (AvgIpc) is 0.886. The molecule has 8 aromatic carbocycles. The standard InChI is InChI=1S/C31H35N3O4.C30H32FN3O3.C30H33N3O3.C28H31N3O3/c1-37-27-18-33(19-27)16-24-7-5-22(6-8-24)3-4-23-9-11-25(12-10-23)26(17-34-20-28(21-34)38-2)15-29-31(36)30(35)13-14-32-29;1-37-27-19-33(20-27)15-23-6-4-21(5-7-23)2-3-22-8-10-24(11-9-22)25(16-34-17-26(31)18-34)14-28-30(36)29(35)12-13-32-28;34-29-12-13-31-28(30(29)35)20-27(22-32-14-1-15-32)26-10-8-24(9-11-26)3-2-23-4-6-25(7-5-23)21-33-16-18-36-19-17-33;1-34-24-13-16-31(17-14-24)19-22-6-4-20(5-7-22)2-3-21-8-10-23(11-9-21)25(29)18-26-28(33)27(32)12-15-30-26/h5-12,14,26-28,36H,13,15-21H2,1-2H3;4-11,13,25-27,36H,12,14-20H2,1H3;4-11,13,27,35H,1,12,14-22H2;4-11,15,24-25,33H,12-14,16-19,29H2,1H3. The Balaban J connectivity index is 0.000000139. The number of hydrogen-bond acceptors (Lipinski definition) is 25. The summed E-state index contributed by atoms with van der Waals surface area (Å²) in [7, 11) is 7.07. The molecule has 0 spiro atoms. The number of halogens is 1. The summed E-state index contributed by atoms with van der Waals surface area (Å²) in [6, 6.07) is 65.7. The van der Waals surface area contributed by atoms with Crippen LogP contribution < -0.4 is 5.73 Å². The highest BCUT2D eigenvalue weighted by molar-refractivity contribution is 6.06. The predicted octanol–water partition coefficient (Wildman–Crippen LogP) is 15.2. The van der Waals surface area contributed by atoms with Crippen molar-refractivity contribution in [1.29, 1.82) is 0 Å². The molecule has 0 aromatic heterocycles. The van der Waals surface area contributed by atoms with Crippen molar-refractivity contribution >= 4 is 48.0 Å². The highest BCUT2D eigenvalue weighted by Gasteiger charge is 2.35. The summed E-state index contributed by atoms with van der Waals surface area (Å²) in [6.07, 6.45) is 12.6. The third-order valence-electron chi connectivity index (χ3n) is 28.3. The van der Waals surface area contributed by atoms with E-state index in [-0.39, 0.29) is 102 Å². The third kappa shape index (κ3) is 30.5. The van der Waals surface area contributed by atoms with Crippen molar-refractivity contribution in [3.05, 3.63) is 329 Å². The number of likely N-dealkylation sites (tertiary alicyclic amines) is 6. The first-order valence-corrected chi connectivity index (χ1v) is 50.5. The molecule has 0 radical (unpaired) electrons. The average molecular weight is 1960 g/mol. The Kier molecular flexibility index (Phi) is 37.7. The Morgan fingerprint density at radius 1 is 0.324 bits per heavy atom. The number of morpholine rings is 1. The Hall–Kier alpha value is -13.1. The lowest BCUT2D eigenvalue weighted by Gasteiger charge is -2.40. The van der Waals surface area contributed by atoms with Crippen LogP contribution in [0.2, 0.25) is 0 Å². The normalized spacial score (nSPS) is 19.2. The van der Waals surface area contributed by atoms with Crippen LogP contribution in [0.4, 0.5) is 4.39 Å². The lowest BCUT2D eigenvalue weighted by atomic mass is 9.90. The van der Waals surface area contributed by atoms with Crippen LogP contribution >= 0.6 is 0 Å². The van der Waals surface area contributed by atoms with Gasteiger partial charge in [-0.2, -0.15) is 0 Å². The van der Waals surface area contributed by atoms with Crippen LogP contribution in [0.15, 0.2) is 260 Å². The molecule has 19 rings (SSSR count). The number of carbonyl (C=O) groups is 4. The number of methoxy groups -OCH3 is 4. The van der Waals surface area contributed by atoms with E-state index in [1.54, 1.807) is 47.1 Å². The molecule has 11 aliphatic heterocycles. The Morgan fingerprint density at radius 3 is 0.862 bits per heavy atom. The zero-order valence-electron chi connectivity index (χ0n) is 83.4. The van der Waals surface area contributed by atoms with E-state index in [0.29, 0.717) is 86.4 Å². The number of alkyl halides is 1. The first kappa shape index (κ1) is 105. The minimum Gasteiger partial charge on any atom is -0.503 e. The minimum atomic E-state index is -0.784. The second-order valence-corrected chi connectivity index (χ2v) is 39.0. The van der Waals surface area contributed by atoms with Crippen molar-refractivity contribution in [2.24, 2.45) is 25.7 Å². The lowest BCUT2D eigenvalue weighted by Crippen LogP contribution is -2.52. The van der Waals surface area contributed by atoms with Gasteiger partial charge in [0.15, 0.2) is 23.0 Å². The van der Waals surface area contributed by atoms with E-state index in [1.165, 1.54) is 40.5 Å². The summed E-state index contributed by atoms with van der Waals surface area (Å²) < 4.78 is 40.4. The van der Waals surface area contributed by atoms with Gasteiger partial charge in [-0.15, -0.1) is 0 Å². The third-order valence-corrected chi connectivity index (χ3v) is 28.3. The number of ketones is 4. The van der Waals surface area contributed by atoms with Crippen LogP contribution in [-0.4, -0.2) is 286 Å². The van der Waals surface area contributed by atoms with E-state index in [0.717, 1.165) is 205 Å². The fourth-order valence-electron chi connectivity index (χ4n) is 19.1. The van der Waals surface area contributed by atoms with Gasteiger partial charge in [0.05, 0.1) is 60.4 Å².